The molecule has 0 heterocycles. The lowest BCUT2D eigenvalue weighted by atomic mass is 10.1. The van der Waals surface area contributed by atoms with Crippen LogP contribution in [0.15, 0.2) is 16.6 Å². The third-order valence-electron chi connectivity index (χ3n) is 1.85. The number of rotatable bonds is 3. The highest BCUT2D eigenvalue weighted by atomic mass is 79.9. The van der Waals surface area contributed by atoms with Crippen LogP contribution in [0.4, 0.5) is 0 Å². The number of methoxy groups -OCH3 is 1. The maximum absolute atomic E-state index is 9.49. The predicted molar refractivity (Wildman–Crippen MR) is 56.3 cm³/mol. The molecule has 0 spiro atoms. The fraction of sp³-hybridized carbons (Fsp3) is 0.300. The van der Waals surface area contributed by atoms with Crippen molar-refractivity contribution in [2.24, 2.45) is 0 Å². The summed E-state index contributed by atoms with van der Waals surface area (Å²) < 4.78 is 5.79. The third kappa shape index (κ3) is 2.39. The topological polar surface area (TPSA) is 53.2 Å². The Morgan fingerprint density at radius 3 is 2.86 bits per heavy atom. The molecule has 1 N–H and O–H groups in total. The average molecular weight is 256 g/mol. The van der Waals surface area contributed by atoms with Crippen molar-refractivity contribution in [2.45, 2.75) is 12.8 Å². The van der Waals surface area contributed by atoms with Crippen LogP contribution in [0.3, 0.4) is 0 Å². The van der Waals surface area contributed by atoms with Gasteiger partial charge in [0.05, 0.1) is 13.2 Å². The van der Waals surface area contributed by atoms with Crippen molar-refractivity contribution in [2.75, 3.05) is 7.11 Å². The summed E-state index contributed by atoms with van der Waals surface area (Å²) in [7, 11) is 1.50. The molecule has 0 atom stereocenters. The quantitative estimate of drug-likeness (QED) is 0.904. The normalized spacial score (nSPS) is 9.50. The first-order chi connectivity index (χ1) is 6.69. The van der Waals surface area contributed by atoms with E-state index in [9.17, 15) is 5.11 Å². The number of hydrogen-bond acceptors (Lipinski definition) is 3. The van der Waals surface area contributed by atoms with Crippen LogP contribution in [0, 0.1) is 11.3 Å². The lowest BCUT2D eigenvalue weighted by Crippen LogP contribution is -1.89. The first kappa shape index (κ1) is 10.9. The zero-order valence-corrected chi connectivity index (χ0v) is 9.34. The van der Waals surface area contributed by atoms with Crippen LogP contribution in [0.1, 0.15) is 12.0 Å². The summed E-state index contributed by atoms with van der Waals surface area (Å²) in [5, 5.41) is 17.9. The van der Waals surface area contributed by atoms with Gasteiger partial charge in [-0.1, -0.05) is 15.9 Å². The Morgan fingerprint density at radius 2 is 2.29 bits per heavy atom. The van der Waals surface area contributed by atoms with Crippen molar-refractivity contribution in [1.29, 1.82) is 5.26 Å². The van der Waals surface area contributed by atoms with Gasteiger partial charge in [0, 0.05) is 10.9 Å². The maximum Gasteiger partial charge on any atom is 0.161 e. The van der Waals surface area contributed by atoms with Gasteiger partial charge in [-0.2, -0.15) is 5.26 Å². The molecule has 0 aliphatic carbocycles. The number of phenols is 1. The molecule has 4 heteroatoms. The van der Waals surface area contributed by atoms with Gasteiger partial charge >= 0.3 is 0 Å². The van der Waals surface area contributed by atoms with Crippen LogP contribution in [0.2, 0.25) is 0 Å². The van der Waals surface area contributed by atoms with Gasteiger partial charge in [0.2, 0.25) is 0 Å². The molecule has 74 valence electrons. The lowest BCUT2D eigenvalue weighted by molar-refractivity contribution is 0.372. The summed E-state index contributed by atoms with van der Waals surface area (Å²) in [5.74, 6) is 0.529. The fourth-order valence-electron chi connectivity index (χ4n) is 1.13. The van der Waals surface area contributed by atoms with Gasteiger partial charge in [-0.25, -0.2) is 0 Å². The second-order valence-corrected chi connectivity index (χ2v) is 3.63. The van der Waals surface area contributed by atoms with E-state index in [4.69, 9.17) is 10.00 Å². The minimum atomic E-state index is 0.101. The first-order valence-electron chi connectivity index (χ1n) is 4.11. The monoisotopic (exact) mass is 255 g/mol. The number of aryl methyl sites for hydroxylation is 1. The van der Waals surface area contributed by atoms with Crippen LogP contribution < -0.4 is 4.74 Å². The van der Waals surface area contributed by atoms with Crippen LogP contribution >= 0.6 is 15.9 Å². The molecule has 14 heavy (non-hydrogen) atoms. The SMILES string of the molecule is COc1cc(Br)c(CCC#N)cc1O. The fourth-order valence-corrected chi connectivity index (χ4v) is 1.65. The van der Waals surface area contributed by atoms with Crippen molar-refractivity contribution in [3.8, 4) is 17.6 Å². The number of nitriles is 1. The largest absolute Gasteiger partial charge is 0.504 e. The van der Waals surface area contributed by atoms with Crippen LogP contribution in [0.5, 0.6) is 11.5 Å². The molecule has 1 rings (SSSR count). The van der Waals surface area contributed by atoms with E-state index in [0.29, 0.717) is 18.6 Å². The summed E-state index contributed by atoms with van der Waals surface area (Å²) in [4.78, 5) is 0. The highest BCUT2D eigenvalue weighted by Crippen LogP contribution is 2.32. The van der Waals surface area contributed by atoms with E-state index < -0.39 is 0 Å². The zero-order chi connectivity index (χ0) is 10.6. The van der Waals surface area contributed by atoms with Gasteiger partial charge in [0.25, 0.3) is 0 Å². The van der Waals surface area contributed by atoms with Crippen molar-refractivity contribution in [1.82, 2.24) is 0 Å². The van der Waals surface area contributed by atoms with Crippen LogP contribution in [-0.2, 0) is 6.42 Å². The minimum Gasteiger partial charge on any atom is -0.504 e. The number of aromatic hydroxyl groups is 1. The van der Waals surface area contributed by atoms with E-state index in [0.717, 1.165) is 10.0 Å². The lowest BCUT2D eigenvalue weighted by Gasteiger charge is -2.07. The molecule has 0 amide bonds. The van der Waals surface area contributed by atoms with Gasteiger partial charge < -0.3 is 9.84 Å². The Kier molecular flexibility index (Phi) is 3.78. The maximum atomic E-state index is 9.49. The summed E-state index contributed by atoms with van der Waals surface area (Å²) >= 11 is 3.35. The molecule has 0 fully saturated rings. The molecule has 3 nitrogen and oxygen atoms in total. The standard InChI is InChI=1S/C10H10BrNO2/c1-14-10-6-8(11)7(3-2-4-12)5-9(10)13/h5-6,13H,2-3H2,1H3. The van der Waals surface area contributed by atoms with Crippen molar-refractivity contribution in [3.05, 3.63) is 22.2 Å². The Morgan fingerprint density at radius 1 is 1.57 bits per heavy atom. The Bertz CT molecular complexity index is 371. The predicted octanol–water partition coefficient (Wildman–Crippen LogP) is 2.62. The van der Waals surface area contributed by atoms with E-state index >= 15 is 0 Å². The van der Waals surface area contributed by atoms with E-state index in [2.05, 4.69) is 22.0 Å². The number of nitrogens with zero attached hydrogens (tertiary/aromatic N) is 1. The van der Waals surface area contributed by atoms with Crippen LogP contribution in [0.25, 0.3) is 0 Å². The van der Waals surface area contributed by atoms with Gasteiger partial charge in [-0.05, 0) is 24.1 Å². The Balaban J connectivity index is 2.97. The number of benzene rings is 1. The second kappa shape index (κ2) is 4.87. The molecular formula is C10H10BrNO2. The summed E-state index contributed by atoms with van der Waals surface area (Å²) in [5.41, 5.74) is 0.907. The Labute approximate surface area is 91.1 Å². The molecule has 1 aromatic carbocycles. The minimum absolute atomic E-state index is 0.101. The number of halogens is 1. The zero-order valence-electron chi connectivity index (χ0n) is 7.75. The number of phenolic OH excluding ortho intramolecular Hbond substituents is 1. The smallest absolute Gasteiger partial charge is 0.161 e. The first-order valence-corrected chi connectivity index (χ1v) is 4.90. The molecule has 0 aliphatic heterocycles. The molecule has 0 unspecified atom stereocenters. The molecule has 0 bridgehead atoms. The molecule has 0 aliphatic rings. The van der Waals surface area contributed by atoms with Crippen molar-refractivity contribution >= 4 is 15.9 Å². The van der Waals surface area contributed by atoms with Gasteiger partial charge in [0.15, 0.2) is 11.5 Å². The van der Waals surface area contributed by atoms with E-state index in [1.165, 1.54) is 7.11 Å². The van der Waals surface area contributed by atoms with Gasteiger partial charge in [-0.3, -0.25) is 0 Å². The molecule has 0 saturated carbocycles. The molecular weight excluding hydrogens is 246 g/mol. The summed E-state index contributed by atoms with van der Waals surface area (Å²) in [6, 6.07) is 5.37. The molecule has 0 radical (unpaired) electrons. The molecule has 0 aromatic heterocycles. The Hall–Kier alpha value is -1.21. The average Bonchev–Trinajstić information content (AvgIpc) is 2.18. The summed E-state index contributed by atoms with van der Waals surface area (Å²) in [6.45, 7) is 0. The number of ether oxygens (including phenoxy) is 1. The number of hydrogen-bond donors (Lipinski definition) is 1. The second-order valence-electron chi connectivity index (χ2n) is 2.77. The highest BCUT2D eigenvalue weighted by Gasteiger charge is 2.07. The van der Waals surface area contributed by atoms with E-state index in [-0.39, 0.29) is 5.75 Å². The van der Waals surface area contributed by atoms with Crippen molar-refractivity contribution in [3.63, 3.8) is 0 Å². The molecule has 0 saturated heterocycles. The molecule has 1 aromatic rings. The van der Waals surface area contributed by atoms with Gasteiger partial charge in [-0.15, -0.1) is 0 Å². The van der Waals surface area contributed by atoms with Crippen LogP contribution in [-0.4, -0.2) is 12.2 Å². The summed E-state index contributed by atoms with van der Waals surface area (Å²) in [6.07, 6.45) is 1.05. The van der Waals surface area contributed by atoms with Gasteiger partial charge in [0.1, 0.15) is 0 Å². The third-order valence-corrected chi connectivity index (χ3v) is 2.59. The van der Waals surface area contributed by atoms with E-state index in [1.807, 2.05) is 0 Å². The highest BCUT2D eigenvalue weighted by molar-refractivity contribution is 9.10. The van der Waals surface area contributed by atoms with Crippen molar-refractivity contribution < 1.29 is 9.84 Å². The van der Waals surface area contributed by atoms with E-state index in [1.54, 1.807) is 12.1 Å².